The maximum absolute atomic E-state index is 13.3. The van der Waals surface area contributed by atoms with Crippen molar-refractivity contribution in [3.05, 3.63) is 66.0 Å². The Kier molecular flexibility index (Phi) is 8.53. The highest BCUT2D eigenvalue weighted by molar-refractivity contribution is 5.77. The first-order valence-corrected chi connectivity index (χ1v) is 12.3. The molecule has 2 aromatic rings. The van der Waals surface area contributed by atoms with E-state index < -0.39 is 5.60 Å². The van der Waals surface area contributed by atoms with Crippen LogP contribution in [0.5, 0.6) is 5.75 Å². The molecule has 0 spiro atoms. The van der Waals surface area contributed by atoms with Crippen LogP contribution in [-0.2, 0) is 16.0 Å². The van der Waals surface area contributed by atoms with E-state index in [1.807, 2.05) is 11.0 Å². The van der Waals surface area contributed by atoms with Crippen molar-refractivity contribution >= 4 is 5.91 Å². The standard InChI is InChI=1S/C27H36FN3O3/c1-29-14-16-31(17-15-29)26(32)20-27(22-33-25-11-9-24(28)10-12-25)21-30(18-19-34-27)13-5-8-23-6-3-2-4-7-23/h2-4,6-7,9-12H,5,8,13-22H2,1H3/t27-/m0/s1. The van der Waals surface area contributed by atoms with E-state index in [-0.39, 0.29) is 24.8 Å². The van der Waals surface area contributed by atoms with E-state index in [2.05, 4.69) is 41.1 Å². The molecule has 0 N–H and O–H groups in total. The molecule has 2 aliphatic heterocycles. The zero-order valence-corrected chi connectivity index (χ0v) is 20.1. The zero-order valence-electron chi connectivity index (χ0n) is 20.1. The van der Waals surface area contributed by atoms with Crippen LogP contribution in [0.2, 0.25) is 0 Å². The number of piperazine rings is 1. The summed E-state index contributed by atoms with van der Waals surface area (Å²) in [6.45, 7) is 6.50. The maximum Gasteiger partial charge on any atom is 0.225 e. The van der Waals surface area contributed by atoms with Crippen LogP contribution in [0.4, 0.5) is 4.39 Å². The van der Waals surface area contributed by atoms with Crippen molar-refractivity contribution in [2.45, 2.75) is 24.9 Å². The van der Waals surface area contributed by atoms with Crippen LogP contribution in [0.25, 0.3) is 0 Å². The number of hydrogen-bond acceptors (Lipinski definition) is 5. The Labute approximate surface area is 202 Å². The zero-order chi connectivity index (χ0) is 23.8. The van der Waals surface area contributed by atoms with E-state index in [0.29, 0.717) is 18.9 Å². The Morgan fingerprint density at radius 3 is 2.50 bits per heavy atom. The van der Waals surface area contributed by atoms with Crippen LogP contribution in [0.3, 0.4) is 0 Å². The first-order chi connectivity index (χ1) is 16.5. The van der Waals surface area contributed by atoms with E-state index in [0.717, 1.165) is 52.1 Å². The molecule has 2 aliphatic rings. The van der Waals surface area contributed by atoms with Gasteiger partial charge in [0.25, 0.3) is 0 Å². The third kappa shape index (κ3) is 7.01. The third-order valence-electron chi connectivity index (χ3n) is 6.76. The predicted molar refractivity (Wildman–Crippen MR) is 130 cm³/mol. The minimum Gasteiger partial charge on any atom is -0.491 e. The summed E-state index contributed by atoms with van der Waals surface area (Å²) in [6.07, 6.45) is 2.36. The van der Waals surface area contributed by atoms with Crippen molar-refractivity contribution in [2.75, 3.05) is 66.1 Å². The molecule has 0 radical (unpaired) electrons. The second-order valence-corrected chi connectivity index (χ2v) is 9.50. The van der Waals surface area contributed by atoms with Gasteiger partial charge in [-0.1, -0.05) is 30.3 Å². The molecule has 0 bridgehead atoms. The molecule has 2 saturated heterocycles. The van der Waals surface area contributed by atoms with Gasteiger partial charge in [0.15, 0.2) is 0 Å². The van der Waals surface area contributed by atoms with E-state index >= 15 is 0 Å². The van der Waals surface area contributed by atoms with Crippen molar-refractivity contribution in [1.82, 2.24) is 14.7 Å². The molecular formula is C27H36FN3O3. The molecule has 0 aliphatic carbocycles. The monoisotopic (exact) mass is 469 g/mol. The highest BCUT2D eigenvalue weighted by Crippen LogP contribution is 2.26. The second kappa shape index (κ2) is 11.8. The average molecular weight is 470 g/mol. The molecule has 7 heteroatoms. The summed E-state index contributed by atoms with van der Waals surface area (Å²) in [4.78, 5) is 19.8. The van der Waals surface area contributed by atoms with Crippen LogP contribution in [0, 0.1) is 5.82 Å². The van der Waals surface area contributed by atoms with Crippen molar-refractivity contribution in [3.63, 3.8) is 0 Å². The normalized spacial score (nSPS) is 22.0. The molecule has 2 fully saturated rings. The first-order valence-electron chi connectivity index (χ1n) is 12.3. The number of halogens is 1. The Morgan fingerprint density at radius 1 is 1.03 bits per heavy atom. The number of aryl methyl sites for hydroxylation is 1. The molecule has 184 valence electrons. The van der Waals surface area contributed by atoms with E-state index in [1.165, 1.54) is 17.7 Å². The fourth-order valence-corrected chi connectivity index (χ4v) is 4.70. The summed E-state index contributed by atoms with van der Waals surface area (Å²) >= 11 is 0. The molecule has 34 heavy (non-hydrogen) atoms. The van der Waals surface area contributed by atoms with Gasteiger partial charge in [0.2, 0.25) is 5.91 Å². The summed E-state index contributed by atoms with van der Waals surface area (Å²) in [7, 11) is 2.08. The van der Waals surface area contributed by atoms with Gasteiger partial charge >= 0.3 is 0 Å². The molecular weight excluding hydrogens is 433 g/mol. The number of nitrogens with zero attached hydrogens (tertiary/aromatic N) is 3. The fourth-order valence-electron chi connectivity index (χ4n) is 4.70. The van der Waals surface area contributed by atoms with E-state index in [9.17, 15) is 9.18 Å². The highest BCUT2D eigenvalue weighted by Gasteiger charge is 2.41. The lowest BCUT2D eigenvalue weighted by atomic mass is 9.96. The molecule has 0 unspecified atom stereocenters. The Morgan fingerprint density at radius 2 is 1.76 bits per heavy atom. The third-order valence-corrected chi connectivity index (χ3v) is 6.76. The van der Waals surface area contributed by atoms with Gasteiger partial charge in [0.05, 0.1) is 13.0 Å². The lowest BCUT2D eigenvalue weighted by Gasteiger charge is -2.43. The summed E-state index contributed by atoms with van der Waals surface area (Å²) in [5.74, 6) is 0.394. The Balaban J connectivity index is 1.40. The van der Waals surface area contributed by atoms with Gasteiger partial charge in [0, 0.05) is 39.3 Å². The number of ether oxygens (including phenoxy) is 2. The molecule has 1 amide bonds. The topological polar surface area (TPSA) is 45.2 Å². The van der Waals surface area contributed by atoms with E-state index in [1.54, 1.807) is 12.1 Å². The number of morpholine rings is 1. The quantitative estimate of drug-likeness (QED) is 0.565. The van der Waals surface area contributed by atoms with Gasteiger partial charge in [-0.15, -0.1) is 0 Å². The predicted octanol–water partition coefficient (Wildman–Crippen LogP) is 3.07. The number of rotatable bonds is 9. The van der Waals surface area contributed by atoms with Crippen LogP contribution < -0.4 is 4.74 Å². The van der Waals surface area contributed by atoms with Crippen molar-refractivity contribution in [3.8, 4) is 5.75 Å². The smallest absolute Gasteiger partial charge is 0.225 e. The minimum absolute atomic E-state index is 0.113. The molecule has 1 atom stereocenters. The Bertz CT molecular complexity index is 903. The number of likely N-dealkylation sites (N-methyl/N-ethyl adjacent to an activating group) is 1. The number of hydrogen-bond donors (Lipinski definition) is 0. The van der Waals surface area contributed by atoms with Crippen molar-refractivity contribution in [1.29, 1.82) is 0 Å². The molecule has 2 aromatic carbocycles. The number of benzene rings is 2. The van der Waals surface area contributed by atoms with Gasteiger partial charge in [-0.25, -0.2) is 4.39 Å². The summed E-state index contributed by atoms with van der Waals surface area (Å²) in [6, 6.07) is 16.5. The Hall–Kier alpha value is -2.48. The fraction of sp³-hybridized carbons (Fsp3) is 0.519. The molecule has 2 heterocycles. The lowest BCUT2D eigenvalue weighted by Crippen LogP contribution is -2.58. The molecule has 0 aromatic heterocycles. The van der Waals surface area contributed by atoms with Crippen LogP contribution in [-0.4, -0.2) is 92.3 Å². The average Bonchev–Trinajstić information content (AvgIpc) is 2.85. The summed E-state index contributed by atoms with van der Waals surface area (Å²) < 4.78 is 25.6. The summed E-state index contributed by atoms with van der Waals surface area (Å²) in [5, 5.41) is 0. The van der Waals surface area contributed by atoms with Gasteiger partial charge in [0.1, 0.15) is 23.8 Å². The SMILES string of the molecule is CN1CCN(C(=O)C[C@@]2(COc3ccc(F)cc3)CN(CCCc3ccccc3)CCO2)CC1. The number of carbonyl (C=O) groups excluding carboxylic acids is 1. The first kappa shape index (κ1) is 24.6. The second-order valence-electron chi connectivity index (χ2n) is 9.50. The molecule has 4 rings (SSSR count). The largest absolute Gasteiger partial charge is 0.491 e. The van der Waals surface area contributed by atoms with Crippen molar-refractivity contribution < 1.29 is 18.7 Å². The van der Waals surface area contributed by atoms with Gasteiger partial charge in [-0.05, 0) is 56.3 Å². The molecule has 6 nitrogen and oxygen atoms in total. The minimum atomic E-state index is -0.722. The maximum atomic E-state index is 13.3. The van der Waals surface area contributed by atoms with Gasteiger partial charge < -0.3 is 19.3 Å². The number of amides is 1. The number of carbonyl (C=O) groups is 1. The van der Waals surface area contributed by atoms with Gasteiger partial charge in [-0.3, -0.25) is 9.69 Å². The lowest BCUT2D eigenvalue weighted by molar-refractivity contribution is -0.157. The highest BCUT2D eigenvalue weighted by atomic mass is 19.1. The van der Waals surface area contributed by atoms with Crippen LogP contribution >= 0.6 is 0 Å². The van der Waals surface area contributed by atoms with Crippen molar-refractivity contribution in [2.24, 2.45) is 0 Å². The molecule has 0 saturated carbocycles. The van der Waals surface area contributed by atoms with E-state index in [4.69, 9.17) is 9.47 Å². The summed E-state index contributed by atoms with van der Waals surface area (Å²) in [5.41, 5.74) is 0.617. The van der Waals surface area contributed by atoms with Crippen LogP contribution in [0.1, 0.15) is 18.4 Å². The van der Waals surface area contributed by atoms with Gasteiger partial charge in [-0.2, -0.15) is 0 Å². The van der Waals surface area contributed by atoms with Crippen LogP contribution in [0.15, 0.2) is 54.6 Å².